The van der Waals surface area contributed by atoms with Gasteiger partial charge in [-0.25, -0.2) is 9.97 Å². The number of rotatable bonds is 4. The van der Waals surface area contributed by atoms with Crippen molar-refractivity contribution in [3.8, 4) is 5.75 Å². The summed E-state index contributed by atoms with van der Waals surface area (Å²) in [5, 5.41) is 6.71. The second kappa shape index (κ2) is 9.08. The Labute approximate surface area is 222 Å². The molecule has 38 heavy (non-hydrogen) atoms. The van der Waals surface area contributed by atoms with Gasteiger partial charge in [0.2, 0.25) is 0 Å². The average Bonchev–Trinajstić information content (AvgIpc) is 3.39. The first kappa shape index (κ1) is 23.8. The van der Waals surface area contributed by atoms with Crippen molar-refractivity contribution < 1.29 is 14.3 Å². The van der Waals surface area contributed by atoms with Gasteiger partial charge in [0.05, 0.1) is 34.9 Å². The van der Waals surface area contributed by atoms with E-state index in [-0.39, 0.29) is 6.54 Å². The zero-order valence-electron chi connectivity index (χ0n) is 20.9. The molecular weight excluding hydrogens is 502 g/mol. The third-order valence-electron chi connectivity index (χ3n) is 6.76. The van der Waals surface area contributed by atoms with Crippen molar-refractivity contribution in [3.63, 3.8) is 0 Å². The molecule has 0 bridgehead atoms. The summed E-state index contributed by atoms with van der Waals surface area (Å²) in [4.78, 5) is 36.5. The van der Waals surface area contributed by atoms with Crippen LogP contribution in [0.25, 0.3) is 38.7 Å². The number of nitrogens with zero attached hydrogens (tertiary/aromatic N) is 5. The van der Waals surface area contributed by atoms with E-state index in [1.54, 1.807) is 36.8 Å². The molecular formula is C29H22ClN5O3. The largest absolute Gasteiger partial charge is 0.497 e. The second-order valence-electron chi connectivity index (χ2n) is 9.06. The maximum atomic E-state index is 13.5. The van der Waals surface area contributed by atoms with Crippen molar-refractivity contribution >= 4 is 67.8 Å². The Kier molecular flexibility index (Phi) is 5.69. The molecule has 5 aromatic rings. The number of carbonyl (C=O) groups is 2. The van der Waals surface area contributed by atoms with Crippen molar-refractivity contribution in [2.24, 2.45) is 5.10 Å². The van der Waals surface area contributed by atoms with Gasteiger partial charge in [-0.05, 0) is 61.4 Å². The van der Waals surface area contributed by atoms with Gasteiger partial charge in [0.1, 0.15) is 17.8 Å². The number of amides is 2. The minimum Gasteiger partial charge on any atom is -0.497 e. The minimum atomic E-state index is -0.465. The Hall–Kier alpha value is -4.56. The fourth-order valence-corrected chi connectivity index (χ4v) is 5.03. The van der Waals surface area contributed by atoms with Crippen LogP contribution < -0.4 is 4.74 Å². The molecule has 1 aliphatic heterocycles. The molecule has 0 unspecified atom stereocenters. The Morgan fingerprint density at radius 3 is 2.53 bits per heavy atom. The number of benzene rings is 3. The molecule has 0 spiro atoms. The monoisotopic (exact) mass is 523 g/mol. The first-order valence-electron chi connectivity index (χ1n) is 12.0. The van der Waals surface area contributed by atoms with Crippen LogP contribution in [-0.2, 0) is 16.1 Å². The second-order valence-corrected chi connectivity index (χ2v) is 9.49. The van der Waals surface area contributed by atoms with Crippen LogP contribution in [0, 0.1) is 0 Å². The lowest BCUT2D eigenvalue weighted by Gasteiger charge is -2.13. The number of ether oxygens (including phenoxy) is 1. The number of para-hydroxylation sites is 1. The van der Waals surface area contributed by atoms with Crippen LogP contribution in [0.2, 0.25) is 5.02 Å². The summed E-state index contributed by atoms with van der Waals surface area (Å²) in [5.41, 5.74) is 5.80. The van der Waals surface area contributed by atoms with Gasteiger partial charge in [0, 0.05) is 10.4 Å². The van der Waals surface area contributed by atoms with Gasteiger partial charge >= 0.3 is 0 Å². The Balaban J connectivity index is 1.39. The van der Waals surface area contributed by atoms with E-state index in [9.17, 15) is 9.59 Å². The molecule has 0 saturated heterocycles. The third kappa shape index (κ3) is 3.81. The standard InChI is InChI=1S/C29H22ClN5O3/c1-16(18-8-11-20(38-3)12-9-18)26-17(2)33-35(29(26)37)25(36)15-34-24-7-5-4-6-21(24)27-28(34)32-22-13-10-19(30)14-23(22)31-27/h4-14H,15H2,1-3H3. The molecule has 0 radical (unpaired) electrons. The molecule has 8 nitrogen and oxygen atoms in total. The quantitative estimate of drug-likeness (QED) is 0.285. The van der Waals surface area contributed by atoms with E-state index in [2.05, 4.69) is 5.10 Å². The lowest BCUT2D eigenvalue weighted by atomic mass is 9.98. The number of hydrazone groups is 1. The molecule has 0 N–H and O–H groups in total. The molecule has 2 aromatic heterocycles. The Morgan fingerprint density at radius 2 is 1.76 bits per heavy atom. The maximum Gasteiger partial charge on any atom is 0.283 e. The van der Waals surface area contributed by atoms with E-state index in [0.717, 1.165) is 32.8 Å². The summed E-state index contributed by atoms with van der Waals surface area (Å²) >= 11 is 6.17. The molecule has 2 amide bonds. The number of aromatic nitrogens is 3. The van der Waals surface area contributed by atoms with Crippen molar-refractivity contribution in [2.45, 2.75) is 20.4 Å². The highest BCUT2D eigenvalue weighted by molar-refractivity contribution is 6.31. The lowest BCUT2D eigenvalue weighted by molar-refractivity contribution is -0.141. The Bertz CT molecular complexity index is 1850. The number of methoxy groups -OCH3 is 1. The molecule has 0 fully saturated rings. The lowest BCUT2D eigenvalue weighted by Crippen LogP contribution is -2.32. The number of halogens is 1. The molecule has 6 rings (SSSR count). The van der Waals surface area contributed by atoms with Crippen LogP contribution in [0.4, 0.5) is 0 Å². The summed E-state index contributed by atoms with van der Waals surface area (Å²) < 4.78 is 7.01. The Morgan fingerprint density at radius 1 is 1.00 bits per heavy atom. The fraction of sp³-hybridized carbons (Fsp3) is 0.138. The highest BCUT2D eigenvalue weighted by Gasteiger charge is 2.34. The van der Waals surface area contributed by atoms with Gasteiger partial charge in [-0.15, -0.1) is 0 Å². The van der Waals surface area contributed by atoms with Gasteiger partial charge in [0.15, 0.2) is 5.65 Å². The number of fused-ring (bicyclic) bond motifs is 4. The third-order valence-corrected chi connectivity index (χ3v) is 6.99. The van der Waals surface area contributed by atoms with Crippen LogP contribution in [-0.4, -0.2) is 44.2 Å². The zero-order chi connectivity index (χ0) is 26.6. The average molecular weight is 524 g/mol. The fourth-order valence-electron chi connectivity index (χ4n) is 4.86. The topological polar surface area (TPSA) is 89.7 Å². The summed E-state index contributed by atoms with van der Waals surface area (Å²) in [6, 6.07) is 20.4. The van der Waals surface area contributed by atoms with Crippen LogP contribution in [0.15, 0.2) is 77.4 Å². The van der Waals surface area contributed by atoms with Gasteiger partial charge in [-0.1, -0.05) is 41.9 Å². The predicted molar refractivity (Wildman–Crippen MR) is 148 cm³/mol. The van der Waals surface area contributed by atoms with Crippen LogP contribution in [0.3, 0.4) is 0 Å². The molecule has 0 saturated carbocycles. The SMILES string of the molecule is COc1ccc(C(C)=C2C(=O)N(C(=O)Cn3c4ccccc4c4nc5cc(Cl)ccc5nc43)N=C2C)cc1. The normalized spacial score (nSPS) is 15.0. The van der Waals surface area contributed by atoms with E-state index in [0.29, 0.717) is 38.5 Å². The van der Waals surface area contributed by atoms with Crippen molar-refractivity contribution in [2.75, 3.05) is 7.11 Å². The summed E-state index contributed by atoms with van der Waals surface area (Å²) in [5.74, 6) is -0.197. The molecule has 1 aliphatic rings. The van der Waals surface area contributed by atoms with E-state index >= 15 is 0 Å². The van der Waals surface area contributed by atoms with Crippen LogP contribution in [0.5, 0.6) is 5.75 Å². The number of imide groups is 1. The van der Waals surface area contributed by atoms with Crippen LogP contribution >= 0.6 is 11.6 Å². The first-order chi connectivity index (χ1) is 18.4. The zero-order valence-corrected chi connectivity index (χ0v) is 21.7. The van der Waals surface area contributed by atoms with E-state index in [1.165, 1.54) is 0 Å². The van der Waals surface area contributed by atoms with Crippen molar-refractivity contribution in [3.05, 3.63) is 82.9 Å². The van der Waals surface area contributed by atoms with Crippen molar-refractivity contribution in [1.82, 2.24) is 19.5 Å². The highest BCUT2D eigenvalue weighted by Crippen LogP contribution is 2.30. The summed E-state index contributed by atoms with van der Waals surface area (Å²) in [7, 11) is 1.60. The van der Waals surface area contributed by atoms with Gasteiger partial charge in [-0.3, -0.25) is 9.59 Å². The summed E-state index contributed by atoms with van der Waals surface area (Å²) in [6.07, 6.45) is 0. The molecule has 0 atom stereocenters. The van der Waals surface area contributed by atoms with Crippen molar-refractivity contribution in [1.29, 1.82) is 0 Å². The predicted octanol–water partition coefficient (Wildman–Crippen LogP) is 5.62. The van der Waals surface area contributed by atoms with Gasteiger partial charge in [-0.2, -0.15) is 10.1 Å². The summed E-state index contributed by atoms with van der Waals surface area (Å²) in [6.45, 7) is 3.45. The number of allylic oxidation sites excluding steroid dienone is 1. The maximum absolute atomic E-state index is 13.5. The number of hydrogen-bond donors (Lipinski definition) is 0. The molecule has 9 heteroatoms. The van der Waals surface area contributed by atoms with E-state index < -0.39 is 11.8 Å². The van der Waals surface area contributed by atoms with Crippen LogP contribution in [0.1, 0.15) is 19.4 Å². The number of hydrogen-bond acceptors (Lipinski definition) is 6. The molecule has 0 aliphatic carbocycles. The molecule has 3 aromatic carbocycles. The number of carbonyl (C=O) groups excluding carboxylic acids is 2. The first-order valence-corrected chi connectivity index (χ1v) is 12.4. The van der Waals surface area contributed by atoms with E-state index in [4.69, 9.17) is 26.3 Å². The smallest absolute Gasteiger partial charge is 0.283 e. The van der Waals surface area contributed by atoms with E-state index in [1.807, 2.05) is 55.5 Å². The minimum absolute atomic E-state index is 0.130. The molecule has 188 valence electrons. The molecule has 3 heterocycles. The van der Waals surface area contributed by atoms with Gasteiger partial charge in [0.25, 0.3) is 11.8 Å². The highest BCUT2D eigenvalue weighted by atomic mass is 35.5. The van der Waals surface area contributed by atoms with Gasteiger partial charge < -0.3 is 9.30 Å².